The van der Waals surface area contributed by atoms with E-state index in [1.54, 1.807) is 30.6 Å². The second-order valence-corrected chi connectivity index (χ2v) is 9.55. The highest BCUT2D eigenvalue weighted by Crippen LogP contribution is 2.41. The maximum Gasteiger partial charge on any atom is 0.116 e. The number of benzene rings is 1. The second kappa shape index (κ2) is 10.8. The van der Waals surface area contributed by atoms with Crippen molar-refractivity contribution in [1.29, 1.82) is 5.26 Å². The quantitative estimate of drug-likeness (QED) is 0.279. The van der Waals surface area contributed by atoms with Gasteiger partial charge in [0.15, 0.2) is 0 Å². The summed E-state index contributed by atoms with van der Waals surface area (Å²) in [7, 11) is 1.73. The number of rotatable bonds is 9. The molecule has 1 unspecified atom stereocenters. The van der Waals surface area contributed by atoms with Crippen LogP contribution in [0, 0.1) is 11.3 Å². The SMILES string of the molecule is COCCCSCSc1nc(C2CC=CS2)cc(-c2ccccc2)c1C#N. The lowest BCUT2D eigenvalue weighted by Gasteiger charge is -2.15. The summed E-state index contributed by atoms with van der Waals surface area (Å²) in [6.45, 7) is 0.791. The Balaban J connectivity index is 1.86. The lowest BCUT2D eigenvalue weighted by molar-refractivity contribution is 0.200. The van der Waals surface area contributed by atoms with Gasteiger partial charge < -0.3 is 4.74 Å². The average Bonchev–Trinajstić information content (AvgIpc) is 3.25. The lowest BCUT2D eigenvalue weighted by Crippen LogP contribution is -2.01. The second-order valence-electron chi connectivity index (χ2n) is 6.00. The molecule has 1 aromatic heterocycles. The monoisotopic (exact) mass is 414 g/mol. The third kappa shape index (κ3) is 5.55. The molecule has 27 heavy (non-hydrogen) atoms. The van der Waals surface area contributed by atoms with Gasteiger partial charge in [-0.05, 0) is 35.6 Å². The Morgan fingerprint density at radius 2 is 2.19 bits per heavy atom. The zero-order valence-electron chi connectivity index (χ0n) is 15.3. The predicted molar refractivity (Wildman–Crippen MR) is 118 cm³/mol. The van der Waals surface area contributed by atoms with Gasteiger partial charge in [-0.2, -0.15) is 17.0 Å². The van der Waals surface area contributed by atoms with Gasteiger partial charge in [0.1, 0.15) is 11.1 Å². The first-order chi connectivity index (χ1) is 13.3. The van der Waals surface area contributed by atoms with Gasteiger partial charge in [0.2, 0.25) is 0 Å². The van der Waals surface area contributed by atoms with Crippen LogP contribution in [-0.4, -0.2) is 29.5 Å². The van der Waals surface area contributed by atoms with Gasteiger partial charge in [-0.15, -0.1) is 11.8 Å². The number of pyridine rings is 1. The van der Waals surface area contributed by atoms with Gasteiger partial charge in [0.25, 0.3) is 0 Å². The molecule has 6 heteroatoms. The summed E-state index contributed by atoms with van der Waals surface area (Å²) >= 11 is 5.34. The maximum atomic E-state index is 9.85. The van der Waals surface area contributed by atoms with E-state index in [1.165, 1.54) is 0 Å². The molecular weight excluding hydrogens is 392 g/mol. The Morgan fingerprint density at radius 3 is 2.89 bits per heavy atom. The Labute approximate surface area is 174 Å². The van der Waals surface area contributed by atoms with Gasteiger partial charge in [-0.1, -0.05) is 48.2 Å². The molecule has 2 heterocycles. The van der Waals surface area contributed by atoms with Crippen molar-refractivity contribution in [1.82, 2.24) is 4.98 Å². The molecule has 1 aliphatic heterocycles. The Hall–Kier alpha value is -1.39. The van der Waals surface area contributed by atoms with E-state index in [2.05, 4.69) is 35.8 Å². The molecule has 0 bridgehead atoms. The topological polar surface area (TPSA) is 45.9 Å². The molecule has 0 fully saturated rings. The highest BCUT2D eigenvalue weighted by atomic mass is 32.2. The molecule has 140 valence electrons. The van der Waals surface area contributed by atoms with E-state index in [0.717, 1.165) is 52.1 Å². The number of thioether (sulfide) groups is 3. The van der Waals surface area contributed by atoms with Crippen molar-refractivity contribution in [3.05, 3.63) is 59.1 Å². The largest absolute Gasteiger partial charge is 0.385 e. The first-order valence-corrected chi connectivity index (χ1v) is 11.9. The first-order valence-electron chi connectivity index (χ1n) is 8.84. The minimum absolute atomic E-state index is 0.342. The van der Waals surface area contributed by atoms with Crippen LogP contribution in [0.3, 0.4) is 0 Å². The van der Waals surface area contributed by atoms with Crippen molar-refractivity contribution in [3.63, 3.8) is 0 Å². The van der Waals surface area contributed by atoms with E-state index in [-0.39, 0.29) is 0 Å². The summed E-state index contributed by atoms with van der Waals surface area (Å²) in [6, 6.07) is 14.7. The Kier molecular flexibility index (Phi) is 8.15. The molecule has 3 rings (SSSR count). The smallest absolute Gasteiger partial charge is 0.116 e. The van der Waals surface area contributed by atoms with Crippen molar-refractivity contribution in [2.24, 2.45) is 0 Å². The molecule has 0 aliphatic carbocycles. The number of hydrogen-bond donors (Lipinski definition) is 0. The number of allylic oxidation sites excluding steroid dienone is 1. The van der Waals surface area contributed by atoms with Crippen LogP contribution < -0.4 is 0 Å². The van der Waals surface area contributed by atoms with E-state index in [0.29, 0.717) is 10.8 Å². The molecule has 1 aromatic carbocycles. The van der Waals surface area contributed by atoms with E-state index < -0.39 is 0 Å². The fourth-order valence-electron chi connectivity index (χ4n) is 2.80. The molecule has 0 spiro atoms. The molecule has 3 nitrogen and oxygen atoms in total. The van der Waals surface area contributed by atoms with Gasteiger partial charge in [0, 0.05) is 24.4 Å². The van der Waals surface area contributed by atoms with Crippen LogP contribution in [0.2, 0.25) is 0 Å². The van der Waals surface area contributed by atoms with Crippen molar-refractivity contribution >= 4 is 35.3 Å². The van der Waals surface area contributed by atoms with Crippen molar-refractivity contribution in [2.45, 2.75) is 23.1 Å². The van der Waals surface area contributed by atoms with E-state index in [9.17, 15) is 5.26 Å². The van der Waals surface area contributed by atoms with E-state index >= 15 is 0 Å². The molecule has 1 atom stereocenters. The van der Waals surface area contributed by atoms with Crippen LogP contribution >= 0.6 is 35.3 Å². The van der Waals surface area contributed by atoms with Gasteiger partial charge >= 0.3 is 0 Å². The summed E-state index contributed by atoms with van der Waals surface area (Å²) in [4.78, 5) is 4.89. The summed E-state index contributed by atoms with van der Waals surface area (Å²) in [5.74, 6) is 1.05. The average molecular weight is 415 g/mol. The Bertz CT molecular complexity index is 810. The number of ether oxygens (including phenoxy) is 1. The molecule has 0 saturated heterocycles. The third-order valence-corrected chi connectivity index (χ3v) is 7.53. The molecule has 0 radical (unpaired) electrons. The lowest BCUT2D eigenvalue weighted by atomic mass is 10.00. The number of nitrogens with zero attached hydrogens (tertiary/aromatic N) is 2. The summed E-state index contributed by atoms with van der Waals surface area (Å²) < 4.78 is 5.10. The normalized spacial score (nSPS) is 15.8. The third-order valence-electron chi connectivity index (χ3n) is 4.14. The summed E-state index contributed by atoms with van der Waals surface area (Å²) in [5.41, 5.74) is 3.81. The first kappa shape index (κ1) is 20.3. The molecule has 0 saturated carbocycles. The van der Waals surface area contributed by atoms with Crippen molar-refractivity contribution in [3.8, 4) is 17.2 Å². The Morgan fingerprint density at radius 1 is 1.33 bits per heavy atom. The van der Waals surface area contributed by atoms with Crippen molar-refractivity contribution in [2.75, 3.05) is 24.6 Å². The van der Waals surface area contributed by atoms with Crippen molar-refractivity contribution < 1.29 is 4.74 Å². The van der Waals surface area contributed by atoms with E-state index in [1.807, 2.05) is 30.0 Å². The van der Waals surface area contributed by atoms with Crippen LogP contribution in [0.1, 0.15) is 29.3 Å². The number of methoxy groups -OCH3 is 1. The van der Waals surface area contributed by atoms with Crippen LogP contribution in [0.25, 0.3) is 11.1 Å². The minimum atomic E-state index is 0.342. The van der Waals surface area contributed by atoms with E-state index in [4.69, 9.17) is 9.72 Å². The zero-order valence-corrected chi connectivity index (χ0v) is 17.7. The van der Waals surface area contributed by atoms with Gasteiger partial charge in [0.05, 0.1) is 16.5 Å². The highest BCUT2D eigenvalue weighted by Gasteiger charge is 2.21. The highest BCUT2D eigenvalue weighted by molar-refractivity contribution is 8.16. The molecule has 1 aliphatic rings. The molecule has 0 N–H and O–H groups in total. The maximum absolute atomic E-state index is 9.85. The molecule has 2 aromatic rings. The van der Waals surface area contributed by atoms with Gasteiger partial charge in [-0.3, -0.25) is 0 Å². The zero-order chi connectivity index (χ0) is 18.9. The fraction of sp³-hybridized carbons (Fsp3) is 0.333. The number of aromatic nitrogens is 1. The number of nitriles is 1. The van der Waals surface area contributed by atoms with Crippen LogP contribution in [0.15, 0.2) is 52.9 Å². The number of hydrogen-bond acceptors (Lipinski definition) is 6. The van der Waals surface area contributed by atoms with Gasteiger partial charge in [-0.25, -0.2) is 4.98 Å². The standard InChI is InChI=1S/C21H22N2OS3/c1-24-10-6-11-25-15-27-21-18(14-22)17(16-7-3-2-4-8-16)13-19(23-21)20-9-5-12-26-20/h2-5,7-8,12-13,20H,6,9-11,15H2,1H3. The molecule has 0 amide bonds. The van der Waals surface area contributed by atoms with Crippen LogP contribution in [-0.2, 0) is 4.74 Å². The van der Waals surface area contributed by atoms with Crippen LogP contribution in [0.4, 0.5) is 0 Å². The van der Waals surface area contributed by atoms with Crippen LogP contribution in [0.5, 0.6) is 0 Å². The minimum Gasteiger partial charge on any atom is -0.385 e. The molecular formula is C21H22N2OS3. The summed E-state index contributed by atoms with van der Waals surface area (Å²) in [5, 5.41) is 14.1. The summed E-state index contributed by atoms with van der Waals surface area (Å²) in [6.07, 6.45) is 4.23. The fourth-order valence-corrected chi connectivity index (χ4v) is 5.74. The predicted octanol–water partition coefficient (Wildman–Crippen LogP) is 6.13.